The molecule has 1 amide bonds. The quantitative estimate of drug-likeness (QED) is 0.706. The average Bonchev–Trinajstić information content (AvgIpc) is 2.23. The van der Waals surface area contributed by atoms with Crippen LogP contribution in [0.1, 0.15) is 34.6 Å². The third-order valence-corrected chi connectivity index (χ3v) is 2.20. The lowest BCUT2D eigenvalue weighted by Gasteiger charge is -2.29. The van der Waals surface area contributed by atoms with E-state index in [1.807, 2.05) is 40.7 Å². The van der Waals surface area contributed by atoms with Gasteiger partial charge in [0, 0.05) is 12.0 Å². The molecule has 4 nitrogen and oxygen atoms in total. The first kappa shape index (κ1) is 13.6. The molecular weight excluding hydrogens is 218 g/mol. The summed E-state index contributed by atoms with van der Waals surface area (Å²) in [4.78, 5) is 13.3. The largest absolute Gasteiger partial charge is 0.506 e. The highest BCUT2D eigenvalue weighted by Crippen LogP contribution is 2.24. The predicted octanol–water partition coefficient (Wildman–Crippen LogP) is 3.22. The van der Waals surface area contributed by atoms with E-state index in [-0.39, 0.29) is 11.2 Å². The van der Waals surface area contributed by atoms with Gasteiger partial charge in [-0.1, -0.05) is 19.9 Å². The van der Waals surface area contributed by atoms with Gasteiger partial charge in [0.15, 0.2) is 0 Å². The normalized spacial score (nSPS) is 19.6. The molecular formula is C13H21NO3. The molecule has 4 heteroatoms. The summed E-state index contributed by atoms with van der Waals surface area (Å²) < 4.78 is 5.28. The zero-order valence-corrected chi connectivity index (χ0v) is 11.2. The van der Waals surface area contributed by atoms with Gasteiger partial charge in [0.2, 0.25) is 0 Å². The fourth-order valence-corrected chi connectivity index (χ4v) is 1.49. The number of aliphatic hydroxyl groups is 1. The minimum absolute atomic E-state index is 0.0569. The number of hydrogen-bond acceptors (Lipinski definition) is 3. The summed E-state index contributed by atoms with van der Waals surface area (Å²) in [6.45, 7) is 9.91. The van der Waals surface area contributed by atoms with Gasteiger partial charge in [-0.05, 0) is 26.8 Å². The molecule has 0 unspecified atom stereocenters. The molecule has 0 fully saturated rings. The predicted molar refractivity (Wildman–Crippen MR) is 66.6 cm³/mol. The maximum absolute atomic E-state index is 11.9. The molecule has 0 aromatic carbocycles. The van der Waals surface area contributed by atoms with Crippen molar-refractivity contribution in [3.8, 4) is 0 Å². The summed E-state index contributed by atoms with van der Waals surface area (Å²) in [5, 5.41) is 9.56. The number of carbonyl (C=O) groups is 1. The van der Waals surface area contributed by atoms with Crippen molar-refractivity contribution < 1.29 is 14.6 Å². The molecule has 0 aromatic rings. The minimum Gasteiger partial charge on any atom is -0.506 e. The van der Waals surface area contributed by atoms with Gasteiger partial charge in [0.1, 0.15) is 11.4 Å². The van der Waals surface area contributed by atoms with Gasteiger partial charge >= 0.3 is 6.09 Å². The van der Waals surface area contributed by atoms with Gasteiger partial charge < -0.3 is 9.84 Å². The molecule has 0 saturated heterocycles. The highest BCUT2D eigenvalue weighted by Gasteiger charge is 2.27. The molecule has 0 aliphatic carbocycles. The number of nitrogens with zero attached hydrogens (tertiary/aromatic N) is 1. The second-order valence-corrected chi connectivity index (χ2v) is 5.98. The second-order valence-electron chi connectivity index (χ2n) is 5.98. The van der Waals surface area contributed by atoms with Gasteiger partial charge in [-0.15, -0.1) is 0 Å². The summed E-state index contributed by atoms with van der Waals surface area (Å²) in [5.74, 6) is 0.0569. The van der Waals surface area contributed by atoms with E-state index < -0.39 is 11.7 Å². The van der Waals surface area contributed by atoms with Crippen LogP contribution in [0.4, 0.5) is 4.79 Å². The van der Waals surface area contributed by atoms with E-state index in [1.165, 1.54) is 11.1 Å². The molecule has 0 atom stereocenters. The van der Waals surface area contributed by atoms with Gasteiger partial charge in [-0.2, -0.15) is 0 Å². The van der Waals surface area contributed by atoms with Crippen LogP contribution in [0, 0.1) is 5.41 Å². The van der Waals surface area contributed by atoms with E-state index in [2.05, 4.69) is 0 Å². The maximum atomic E-state index is 11.9. The van der Waals surface area contributed by atoms with Crippen LogP contribution in [0.5, 0.6) is 0 Å². The van der Waals surface area contributed by atoms with Gasteiger partial charge in [0.05, 0.1) is 6.20 Å². The van der Waals surface area contributed by atoms with Crippen LogP contribution in [0.2, 0.25) is 0 Å². The standard InChI is InChI=1S/C13H21NO3/c1-12(2,3)17-11(16)14-8-10(15)6-7-13(4,5)9-14/h6-8,15H,9H2,1-5H3. The first-order chi connectivity index (χ1) is 7.59. The lowest BCUT2D eigenvalue weighted by atomic mass is 9.93. The lowest BCUT2D eigenvalue weighted by molar-refractivity contribution is 0.0296. The minimum atomic E-state index is -0.537. The van der Waals surface area contributed by atoms with Crippen molar-refractivity contribution in [1.29, 1.82) is 0 Å². The summed E-state index contributed by atoms with van der Waals surface area (Å²) in [6, 6.07) is 0. The Kier molecular flexibility index (Phi) is 3.55. The summed E-state index contributed by atoms with van der Waals surface area (Å²) in [5.41, 5.74) is -0.734. The Morgan fingerprint density at radius 1 is 1.47 bits per heavy atom. The highest BCUT2D eigenvalue weighted by molar-refractivity contribution is 5.69. The zero-order valence-electron chi connectivity index (χ0n) is 11.2. The van der Waals surface area contributed by atoms with E-state index in [0.29, 0.717) is 6.54 Å². The van der Waals surface area contributed by atoms with Crippen molar-refractivity contribution in [2.75, 3.05) is 6.54 Å². The molecule has 0 bridgehead atoms. The average molecular weight is 239 g/mol. The molecule has 96 valence electrons. The Morgan fingerprint density at radius 3 is 2.59 bits per heavy atom. The van der Waals surface area contributed by atoms with E-state index in [4.69, 9.17) is 4.74 Å². The van der Waals surface area contributed by atoms with Crippen LogP contribution in [-0.2, 0) is 4.74 Å². The van der Waals surface area contributed by atoms with E-state index in [0.717, 1.165) is 0 Å². The molecule has 1 aliphatic rings. The Bertz CT molecular complexity index is 361. The Balaban J connectivity index is 2.84. The molecule has 0 aromatic heterocycles. The van der Waals surface area contributed by atoms with Crippen molar-refractivity contribution in [1.82, 2.24) is 4.90 Å². The van der Waals surface area contributed by atoms with Crippen molar-refractivity contribution in [2.45, 2.75) is 40.2 Å². The molecule has 0 spiro atoms. The van der Waals surface area contributed by atoms with E-state index in [9.17, 15) is 9.90 Å². The number of amides is 1. The van der Waals surface area contributed by atoms with Crippen LogP contribution < -0.4 is 0 Å². The van der Waals surface area contributed by atoms with Gasteiger partial charge in [-0.3, -0.25) is 4.90 Å². The van der Waals surface area contributed by atoms with Crippen molar-refractivity contribution in [3.63, 3.8) is 0 Å². The van der Waals surface area contributed by atoms with Crippen LogP contribution >= 0.6 is 0 Å². The fourth-order valence-electron chi connectivity index (χ4n) is 1.49. The van der Waals surface area contributed by atoms with Gasteiger partial charge in [0.25, 0.3) is 0 Å². The molecule has 1 heterocycles. The number of aliphatic hydroxyl groups excluding tert-OH is 1. The molecule has 1 rings (SSSR count). The molecule has 1 N–H and O–H groups in total. The highest BCUT2D eigenvalue weighted by atomic mass is 16.6. The second kappa shape index (κ2) is 4.43. The number of allylic oxidation sites excluding steroid dienone is 1. The third-order valence-electron chi connectivity index (χ3n) is 2.20. The first-order valence-corrected chi connectivity index (χ1v) is 5.69. The van der Waals surface area contributed by atoms with Crippen molar-refractivity contribution in [3.05, 3.63) is 24.1 Å². The molecule has 0 saturated carbocycles. The topological polar surface area (TPSA) is 49.8 Å². The fraction of sp³-hybridized carbons (Fsp3) is 0.615. The third kappa shape index (κ3) is 4.51. The number of carbonyl (C=O) groups excluding carboxylic acids is 1. The Morgan fingerprint density at radius 2 is 2.06 bits per heavy atom. The number of hydrogen-bond donors (Lipinski definition) is 1. The molecule has 17 heavy (non-hydrogen) atoms. The van der Waals surface area contributed by atoms with Crippen LogP contribution in [0.3, 0.4) is 0 Å². The first-order valence-electron chi connectivity index (χ1n) is 5.69. The maximum Gasteiger partial charge on any atom is 0.414 e. The number of rotatable bonds is 0. The van der Waals surface area contributed by atoms with Crippen LogP contribution in [-0.4, -0.2) is 28.2 Å². The van der Waals surface area contributed by atoms with Gasteiger partial charge in [-0.25, -0.2) is 4.79 Å². The van der Waals surface area contributed by atoms with E-state index >= 15 is 0 Å². The smallest absolute Gasteiger partial charge is 0.414 e. The molecule has 0 radical (unpaired) electrons. The Hall–Kier alpha value is -1.45. The van der Waals surface area contributed by atoms with Crippen LogP contribution in [0.25, 0.3) is 0 Å². The zero-order chi connectivity index (χ0) is 13.3. The van der Waals surface area contributed by atoms with E-state index in [1.54, 1.807) is 6.08 Å². The summed E-state index contributed by atoms with van der Waals surface area (Å²) >= 11 is 0. The SMILES string of the molecule is CC1(C)C=CC(O)=CN(C(=O)OC(C)(C)C)C1. The summed E-state index contributed by atoms with van der Waals surface area (Å²) in [7, 11) is 0. The Labute approximate surface area is 103 Å². The molecule has 1 aliphatic heterocycles. The number of ether oxygens (including phenoxy) is 1. The van der Waals surface area contributed by atoms with Crippen LogP contribution in [0.15, 0.2) is 24.1 Å². The monoisotopic (exact) mass is 239 g/mol. The van der Waals surface area contributed by atoms with Crippen molar-refractivity contribution in [2.24, 2.45) is 5.41 Å². The van der Waals surface area contributed by atoms with Crippen molar-refractivity contribution >= 4 is 6.09 Å². The summed E-state index contributed by atoms with van der Waals surface area (Å²) in [6.07, 6.45) is 4.44. The lowest BCUT2D eigenvalue weighted by Crippen LogP contribution is -2.38.